The summed E-state index contributed by atoms with van der Waals surface area (Å²) in [7, 11) is 4.98. The zero-order valence-corrected chi connectivity index (χ0v) is 14.8. The van der Waals surface area contributed by atoms with Crippen LogP contribution < -0.4 is 9.64 Å². The summed E-state index contributed by atoms with van der Waals surface area (Å²) in [5.74, 6) is 0.0434. The first-order valence-electron chi connectivity index (χ1n) is 8.38. The van der Waals surface area contributed by atoms with E-state index in [1.54, 1.807) is 43.1 Å². The van der Waals surface area contributed by atoms with E-state index in [9.17, 15) is 14.4 Å². The molecule has 7 nitrogen and oxygen atoms in total. The number of likely N-dealkylation sites (N-methyl/N-ethyl adjacent to an activating group) is 2. The number of nitrogens with zero attached hydrogens (tertiary/aromatic N) is 3. The third-order valence-corrected chi connectivity index (χ3v) is 5.07. The second kappa shape index (κ2) is 6.74. The zero-order chi connectivity index (χ0) is 18.1. The molecule has 0 N–H and O–H groups in total. The molecule has 25 heavy (non-hydrogen) atoms. The van der Waals surface area contributed by atoms with Crippen LogP contribution in [0.3, 0.4) is 0 Å². The number of rotatable bonds is 4. The number of carbonyl (C=O) groups is 3. The molecule has 0 aromatic heterocycles. The molecule has 0 aliphatic carbocycles. The van der Waals surface area contributed by atoms with E-state index in [1.165, 1.54) is 4.90 Å². The highest BCUT2D eigenvalue weighted by Gasteiger charge is 2.41. The van der Waals surface area contributed by atoms with Crippen LogP contribution in [0.25, 0.3) is 0 Å². The summed E-state index contributed by atoms with van der Waals surface area (Å²) in [6.07, 6.45) is 0.812. The molecule has 2 aliphatic rings. The second-order valence-electron chi connectivity index (χ2n) is 6.62. The molecule has 0 saturated carbocycles. The van der Waals surface area contributed by atoms with Gasteiger partial charge >= 0.3 is 0 Å². The summed E-state index contributed by atoms with van der Waals surface area (Å²) in [5, 5.41) is 0. The Morgan fingerprint density at radius 2 is 1.92 bits per heavy atom. The number of benzene rings is 1. The molecule has 1 aromatic rings. The molecule has 0 unspecified atom stereocenters. The van der Waals surface area contributed by atoms with Crippen molar-refractivity contribution in [2.45, 2.75) is 18.9 Å². The minimum Gasteiger partial charge on any atom is -0.497 e. The molecule has 0 bridgehead atoms. The van der Waals surface area contributed by atoms with Crippen molar-refractivity contribution in [2.24, 2.45) is 5.92 Å². The number of hydrogen-bond acceptors (Lipinski definition) is 4. The van der Waals surface area contributed by atoms with Crippen molar-refractivity contribution < 1.29 is 19.1 Å². The molecule has 2 fully saturated rings. The number of hydrogen-bond donors (Lipinski definition) is 0. The molecule has 2 atom stereocenters. The first-order valence-corrected chi connectivity index (χ1v) is 8.38. The summed E-state index contributed by atoms with van der Waals surface area (Å²) in [5.41, 5.74) is 0.750. The van der Waals surface area contributed by atoms with Crippen LogP contribution in [0.2, 0.25) is 0 Å². The predicted octanol–water partition coefficient (Wildman–Crippen LogP) is 0.737. The lowest BCUT2D eigenvalue weighted by Gasteiger charge is -2.26. The predicted molar refractivity (Wildman–Crippen MR) is 92.3 cm³/mol. The fourth-order valence-electron chi connectivity index (χ4n) is 3.49. The minimum absolute atomic E-state index is 0.0350. The number of likely N-dealkylation sites (tertiary alicyclic amines) is 1. The van der Waals surface area contributed by atoms with E-state index in [4.69, 9.17) is 4.74 Å². The zero-order valence-electron chi connectivity index (χ0n) is 14.8. The van der Waals surface area contributed by atoms with Gasteiger partial charge in [0.15, 0.2) is 0 Å². The molecule has 0 radical (unpaired) electrons. The van der Waals surface area contributed by atoms with Crippen molar-refractivity contribution in [1.29, 1.82) is 0 Å². The van der Waals surface area contributed by atoms with E-state index in [1.807, 2.05) is 12.1 Å². The smallest absolute Gasteiger partial charge is 0.245 e. The van der Waals surface area contributed by atoms with E-state index >= 15 is 0 Å². The van der Waals surface area contributed by atoms with Gasteiger partial charge in [0.2, 0.25) is 17.7 Å². The highest BCUT2D eigenvalue weighted by atomic mass is 16.5. The second-order valence-corrected chi connectivity index (χ2v) is 6.62. The fourth-order valence-corrected chi connectivity index (χ4v) is 3.49. The van der Waals surface area contributed by atoms with Crippen molar-refractivity contribution in [1.82, 2.24) is 9.80 Å². The molecule has 1 aromatic carbocycles. The van der Waals surface area contributed by atoms with E-state index in [0.717, 1.165) is 5.69 Å². The standard InChI is InChI=1S/C18H23N3O4/c1-19-9-8-15(18(19)24)20(2)17(23)12-10-16(22)21(11-12)13-4-6-14(25-3)7-5-13/h4-7,12,15H,8-11H2,1-3H3/t12-,15+/m1/s1. The van der Waals surface area contributed by atoms with Gasteiger partial charge in [-0.05, 0) is 30.7 Å². The van der Waals surface area contributed by atoms with E-state index in [-0.39, 0.29) is 24.1 Å². The van der Waals surface area contributed by atoms with Gasteiger partial charge in [0.05, 0.1) is 13.0 Å². The summed E-state index contributed by atoms with van der Waals surface area (Å²) >= 11 is 0. The molecule has 134 valence electrons. The molecular weight excluding hydrogens is 322 g/mol. The highest BCUT2D eigenvalue weighted by Crippen LogP contribution is 2.28. The number of methoxy groups -OCH3 is 1. The monoisotopic (exact) mass is 345 g/mol. The minimum atomic E-state index is -0.418. The molecule has 2 aliphatic heterocycles. The lowest BCUT2D eigenvalue weighted by Crippen LogP contribution is -2.45. The Labute approximate surface area is 147 Å². The molecule has 2 saturated heterocycles. The van der Waals surface area contributed by atoms with E-state index in [2.05, 4.69) is 0 Å². The lowest BCUT2D eigenvalue weighted by molar-refractivity contribution is -0.142. The topological polar surface area (TPSA) is 70.2 Å². The van der Waals surface area contributed by atoms with Gasteiger partial charge in [0.1, 0.15) is 11.8 Å². The Morgan fingerprint density at radius 1 is 1.24 bits per heavy atom. The third-order valence-electron chi connectivity index (χ3n) is 5.07. The molecule has 3 rings (SSSR count). The Morgan fingerprint density at radius 3 is 2.48 bits per heavy atom. The summed E-state index contributed by atoms with van der Waals surface area (Å²) in [6.45, 7) is 0.994. The van der Waals surface area contributed by atoms with Gasteiger partial charge in [-0.3, -0.25) is 14.4 Å². The SMILES string of the molecule is COc1ccc(N2C[C@H](C(=O)N(C)[C@H]3CCN(C)C3=O)CC2=O)cc1. The van der Waals surface area contributed by atoms with Gasteiger partial charge in [-0.15, -0.1) is 0 Å². The number of ether oxygens (including phenoxy) is 1. The first kappa shape index (κ1) is 17.3. The molecule has 7 heteroatoms. The Balaban J connectivity index is 1.69. The third kappa shape index (κ3) is 3.18. The summed E-state index contributed by atoms with van der Waals surface area (Å²) in [6, 6.07) is 6.78. The van der Waals surface area contributed by atoms with Gasteiger partial charge in [-0.2, -0.15) is 0 Å². The molecule has 0 spiro atoms. The van der Waals surface area contributed by atoms with Crippen molar-refractivity contribution in [3.8, 4) is 5.75 Å². The van der Waals surface area contributed by atoms with Crippen molar-refractivity contribution >= 4 is 23.4 Å². The fraction of sp³-hybridized carbons (Fsp3) is 0.500. The first-order chi connectivity index (χ1) is 11.9. The van der Waals surface area contributed by atoms with E-state index in [0.29, 0.717) is 25.3 Å². The van der Waals surface area contributed by atoms with E-state index < -0.39 is 12.0 Å². The largest absolute Gasteiger partial charge is 0.497 e. The number of carbonyl (C=O) groups excluding carboxylic acids is 3. The van der Waals surface area contributed by atoms with Gasteiger partial charge < -0.3 is 19.4 Å². The van der Waals surface area contributed by atoms with Gasteiger partial charge in [0, 0.05) is 39.3 Å². The normalized spacial score (nSPS) is 23.3. The number of anilines is 1. The maximum atomic E-state index is 12.8. The number of amides is 3. The maximum Gasteiger partial charge on any atom is 0.245 e. The Bertz CT molecular complexity index is 688. The van der Waals surface area contributed by atoms with Crippen LogP contribution in [0.4, 0.5) is 5.69 Å². The van der Waals surface area contributed by atoms with Crippen molar-refractivity contribution in [3.05, 3.63) is 24.3 Å². The summed E-state index contributed by atoms with van der Waals surface area (Å²) < 4.78 is 5.13. The van der Waals surface area contributed by atoms with Gasteiger partial charge in [-0.25, -0.2) is 0 Å². The van der Waals surface area contributed by atoms with Crippen molar-refractivity contribution in [3.63, 3.8) is 0 Å². The molecule has 3 amide bonds. The Kier molecular flexibility index (Phi) is 4.65. The van der Waals surface area contributed by atoms with Crippen LogP contribution in [-0.2, 0) is 14.4 Å². The lowest BCUT2D eigenvalue weighted by atomic mass is 10.1. The van der Waals surface area contributed by atoms with Crippen molar-refractivity contribution in [2.75, 3.05) is 39.2 Å². The van der Waals surface area contributed by atoms with Gasteiger partial charge in [-0.1, -0.05) is 0 Å². The van der Waals surface area contributed by atoms with Gasteiger partial charge in [0.25, 0.3) is 0 Å². The Hall–Kier alpha value is -2.57. The van der Waals surface area contributed by atoms with Crippen LogP contribution in [-0.4, -0.2) is 67.9 Å². The average Bonchev–Trinajstić information content (AvgIpc) is 3.17. The quantitative estimate of drug-likeness (QED) is 0.807. The van der Waals surface area contributed by atoms with Crippen LogP contribution in [0.5, 0.6) is 5.75 Å². The van der Waals surface area contributed by atoms with Crippen LogP contribution in [0.1, 0.15) is 12.8 Å². The molecule has 2 heterocycles. The van der Waals surface area contributed by atoms with Crippen LogP contribution in [0.15, 0.2) is 24.3 Å². The average molecular weight is 345 g/mol. The highest BCUT2D eigenvalue weighted by molar-refractivity contribution is 6.01. The molecular formula is C18H23N3O4. The summed E-state index contributed by atoms with van der Waals surface area (Å²) in [4.78, 5) is 42.0. The van der Waals surface area contributed by atoms with Crippen LogP contribution in [0, 0.1) is 5.92 Å². The maximum absolute atomic E-state index is 12.8. The van der Waals surface area contributed by atoms with Crippen LogP contribution >= 0.6 is 0 Å².